The van der Waals surface area contributed by atoms with Crippen LogP contribution >= 0.6 is 11.8 Å². The molecular formula is C9H12N4S. The number of rotatable bonds is 2. The van der Waals surface area contributed by atoms with Gasteiger partial charge in [-0.1, -0.05) is 11.8 Å². The fourth-order valence-electron chi connectivity index (χ4n) is 1.26. The molecule has 0 bridgehead atoms. The Morgan fingerprint density at radius 3 is 2.86 bits per heavy atom. The first-order valence-corrected chi connectivity index (χ1v) is 5.50. The summed E-state index contributed by atoms with van der Waals surface area (Å²) in [6, 6.07) is 1.97. The minimum Gasteiger partial charge on any atom is -0.363 e. The van der Waals surface area contributed by atoms with Crippen molar-refractivity contribution >= 4 is 23.2 Å². The second-order valence-electron chi connectivity index (χ2n) is 3.15. The topological polar surface area (TPSA) is 33.4 Å². The number of aromatic nitrogens is 3. The third-order valence-corrected chi connectivity index (χ3v) is 2.64. The van der Waals surface area contributed by atoms with E-state index in [1.165, 1.54) is 0 Å². The van der Waals surface area contributed by atoms with Crippen molar-refractivity contribution in [3.63, 3.8) is 0 Å². The standard InChI is InChI=1S/C9H12N4S/c1-12(2)8-6-7-10-4-5-13(7)9(11-8)14-3/h4-6H,1-3H3. The van der Waals surface area contributed by atoms with Crippen molar-refractivity contribution in [2.75, 3.05) is 25.3 Å². The fourth-order valence-corrected chi connectivity index (χ4v) is 1.79. The molecule has 2 aromatic rings. The summed E-state index contributed by atoms with van der Waals surface area (Å²) in [6.45, 7) is 0. The van der Waals surface area contributed by atoms with Crippen molar-refractivity contribution in [2.24, 2.45) is 0 Å². The molecule has 2 aromatic heterocycles. The fraction of sp³-hybridized carbons (Fsp3) is 0.333. The third-order valence-electron chi connectivity index (χ3n) is 1.98. The summed E-state index contributed by atoms with van der Waals surface area (Å²) < 4.78 is 1.98. The van der Waals surface area contributed by atoms with Gasteiger partial charge in [-0.3, -0.25) is 4.40 Å². The molecule has 5 heteroatoms. The molecule has 2 heterocycles. The van der Waals surface area contributed by atoms with E-state index in [9.17, 15) is 0 Å². The van der Waals surface area contributed by atoms with Crippen LogP contribution in [-0.4, -0.2) is 34.7 Å². The summed E-state index contributed by atoms with van der Waals surface area (Å²) in [7, 11) is 3.96. The van der Waals surface area contributed by atoms with Crippen molar-refractivity contribution in [2.45, 2.75) is 5.16 Å². The van der Waals surface area contributed by atoms with Crippen LogP contribution in [-0.2, 0) is 0 Å². The zero-order valence-electron chi connectivity index (χ0n) is 8.43. The van der Waals surface area contributed by atoms with Gasteiger partial charge in [-0.05, 0) is 6.26 Å². The SMILES string of the molecule is CSc1nc(N(C)C)cc2nccn12. The number of hydrogen-bond acceptors (Lipinski definition) is 4. The Labute approximate surface area is 87.0 Å². The maximum atomic E-state index is 4.50. The molecule has 0 aliphatic heterocycles. The van der Waals surface area contributed by atoms with Crippen LogP contribution in [0.15, 0.2) is 23.6 Å². The second-order valence-corrected chi connectivity index (χ2v) is 3.92. The van der Waals surface area contributed by atoms with Crippen LogP contribution in [0.1, 0.15) is 0 Å². The number of nitrogens with zero attached hydrogens (tertiary/aromatic N) is 4. The van der Waals surface area contributed by atoms with Gasteiger partial charge in [0.25, 0.3) is 0 Å². The van der Waals surface area contributed by atoms with Gasteiger partial charge in [0.05, 0.1) is 0 Å². The maximum absolute atomic E-state index is 4.50. The van der Waals surface area contributed by atoms with E-state index < -0.39 is 0 Å². The average Bonchev–Trinajstić information content (AvgIpc) is 2.63. The van der Waals surface area contributed by atoms with Crippen molar-refractivity contribution in [3.8, 4) is 0 Å². The summed E-state index contributed by atoms with van der Waals surface area (Å²) in [4.78, 5) is 10.7. The van der Waals surface area contributed by atoms with Gasteiger partial charge >= 0.3 is 0 Å². The number of imidazole rings is 1. The molecule has 0 aromatic carbocycles. The largest absolute Gasteiger partial charge is 0.363 e. The van der Waals surface area contributed by atoms with E-state index in [4.69, 9.17) is 0 Å². The van der Waals surface area contributed by atoms with Gasteiger partial charge in [-0.15, -0.1) is 0 Å². The van der Waals surface area contributed by atoms with Gasteiger partial charge in [0.2, 0.25) is 0 Å². The van der Waals surface area contributed by atoms with E-state index in [-0.39, 0.29) is 0 Å². The Kier molecular flexibility index (Phi) is 2.33. The zero-order valence-corrected chi connectivity index (χ0v) is 9.25. The Hall–Kier alpha value is -1.23. The minimum absolute atomic E-state index is 0.938. The molecule has 0 aliphatic carbocycles. The molecular weight excluding hydrogens is 196 g/mol. The first-order chi connectivity index (χ1) is 6.72. The smallest absolute Gasteiger partial charge is 0.175 e. The molecule has 4 nitrogen and oxygen atoms in total. The van der Waals surface area contributed by atoms with E-state index in [0.717, 1.165) is 16.6 Å². The molecule has 0 saturated heterocycles. The summed E-state index contributed by atoms with van der Waals surface area (Å²) >= 11 is 1.62. The van der Waals surface area contributed by atoms with Gasteiger partial charge in [0, 0.05) is 32.6 Å². The van der Waals surface area contributed by atoms with Gasteiger partial charge in [0.1, 0.15) is 11.5 Å². The van der Waals surface area contributed by atoms with E-state index in [0.29, 0.717) is 0 Å². The van der Waals surface area contributed by atoms with E-state index in [2.05, 4.69) is 9.97 Å². The Balaban J connectivity index is 2.67. The monoisotopic (exact) mass is 208 g/mol. The van der Waals surface area contributed by atoms with E-state index in [1.807, 2.05) is 41.9 Å². The summed E-state index contributed by atoms with van der Waals surface area (Å²) in [5.41, 5.74) is 0.938. The minimum atomic E-state index is 0.938. The van der Waals surface area contributed by atoms with Crippen LogP contribution in [0.4, 0.5) is 5.82 Å². The van der Waals surface area contributed by atoms with Crippen LogP contribution in [0.5, 0.6) is 0 Å². The third kappa shape index (κ3) is 1.43. The average molecular weight is 208 g/mol. The highest BCUT2D eigenvalue weighted by molar-refractivity contribution is 7.98. The zero-order chi connectivity index (χ0) is 10.1. The molecule has 0 N–H and O–H groups in total. The van der Waals surface area contributed by atoms with Crippen molar-refractivity contribution in [1.29, 1.82) is 0 Å². The van der Waals surface area contributed by atoms with Gasteiger partial charge in [-0.25, -0.2) is 9.97 Å². The maximum Gasteiger partial charge on any atom is 0.175 e. The lowest BCUT2D eigenvalue weighted by molar-refractivity contribution is 0.884. The summed E-state index contributed by atoms with van der Waals surface area (Å²) in [5.74, 6) is 0.938. The van der Waals surface area contributed by atoms with E-state index in [1.54, 1.807) is 18.0 Å². The second kappa shape index (κ2) is 3.49. The highest BCUT2D eigenvalue weighted by Crippen LogP contribution is 2.19. The number of fused-ring (bicyclic) bond motifs is 1. The molecule has 0 unspecified atom stereocenters. The Morgan fingerprint density at radius 2 is 2.21 bits per heavy atom. The first-order valence-electron chi connectivity index (χ1n) is 4.28. The Morgan fingerprint density at radius 1 is 1.43 bits per heavy atom. The molecule has 0 spiro atoms. The van der Waals surface area contributed by atoms with E-state index >= 15 is 0 Å². The Bertz CT molecular complexity index is 449. The van der Waals surface area contributed by atoms with Crippen LogP contribution in [0, 0.1) is 0 Å². The number of thioether (sulfide) groups is 1. The van der Waals surface area contributed by atoms with Gasteiger partial charge in [-0.2, -0.15) is 0 Å². The molecule has 0 radical (unpaired) electrons. The highest BCUT2D eigenvalue weighted by Gasteiger charge is 2.06. The lowest BCUT2D eigenvalue weighted by Gasteiger charge is -2.12. The normalized spacial score (nSPS) is 10.8. The molecule has 0 saturated carbocycles. The lowest BCUT2D eigenvalue weighted by Crippen LogP contribution is -2.12. The predicted octanol–water partition coefficient (Wildman–Crippen LogP) is 1.52. The number of anilines is 1. The summed E-state index contributed by atoms with van der Waals surface area (Å²) in [5, 5.41) is 0.962. The molecule has 0 amide bonds. The van der Waals surface area contributed by atoms with Crippen LogP contribution in [0.25, 0.3) is 5.65 Å². The lowest BCUT2D eigenvalue weighted by atomic mass is 10.5. The first kappa shape index (κ1) is 9.33. The van der Waals surface area contributed by atoms with Crippen LogP contribution in [0.2, 0.25) is 0 Å². The molecule has 14 heavy (non-hydrogen) atoms. The van der Waals surface area contributed by atoms with Crippen molar-refractivity contribution < 1.29 is 0 Å². The van der Waals surface area contributed by atoms with Crippen LogP contribution < -0.4 is 4.90 Å². The molecule has 74 valence electrons. The van der Waals surface area contributed by atoms with Crippen LogP contribution in [0.3, 0.4) is 0 Å². The molecule has 0 aliphatic rings. The highest BCUT2D eigenvalue weighted by atomic mass is 32.2. The van der Waals surface area contributed by atoms with Crippen molar-refractivity contribution in [1.82, 2.24) is 14.4 Å². The molecule has 2 rings (SSSR count). The predicted molar refractivity (Wildman–Crippen MR) is 59.1 cm³/mol. The molecule has 0 atom stereocenters. The molecule has 0 fully saturated rings. The van der Waals surface area contributed by atoms with Crippen molar-refractivity contribution in [3.05, 3.63) is 18.5 Å². The quantitative estimate of drug-likeness (QED) is 0.553. The van der Waals surface area contributed by atoms with Gasteiger partial charge in [0.15, 0.2) is 5.16 Å². The summed E-state index contributed by atoms with van der Waals surface area (Å²) in [6.07, 6.45) is 5.73. The number of hydrogen-bond donors (Lipinski definition) is 0. The van der Waals surface area contributed by atoms with Gasteiger partial charge < -0.3 is 4.90 Å².